The Kier molecular flexibility index (Phi) is 4.69. The molecule has 0 unspecified atom stereocenters. The first-order valence-electron chi connectivity index (χ1n) is 10.4. The molecule has 0 radical (unpaired) electrons. The zero-order valence-electron chi connectivity index (χ0n) is 17.8. The van der Waals surface area contributed by atoms with Crippen LogP contribution >= 0.6 is 0 Å². The molecule has 1 amide bonds. The number of amides is 1. The number of aromatic nitrogens is 5. The maximum absolute atomic E-state index is 13.3. The second-order valence-electron chi connectivity index (χ2n) is 8.13. The number of rotatable bonds is 4. The van der Waals surface area contributed by atoms with Crippen molar-refractivity contribution in [3.05, 3.63) is 77.7 Å². The molecule has 0 atom stereocenters. The highest BCUT2D eigenvalue weighted by Crippen LogP contribution is 2.34. The molecule has 0 saturated carbocycles. The third-order valence-corrected chi connectivity index (χ3v) is 5.65. The molecular formula is C23H24N6O2. The van der Waals surface area contributed by atoms with E-state index in [4.69, 9.17) is 9.52 Å². The molecule has 0 saturated heterocycles. The summed E-state index contributed by atoms with van der Waals surface area (Å²) < 4.78 is 9.51. The van der Waals surface area contributed by atoms with Crippen molar-refractivity contribution in [2.24, 2.45) is 0 Å². The van der Waals surface area contributed by atoms with Gasteiger partial charge in [0.2, 0.25) is 5.76 Å². The second-order valence-corrected chi connectivity index (χ2v) is 8.13. The van der Waals surface area contributed by atoms with E-state index >= 15 is 0 Å². The van der Waals surface area contributed by atoms with Gasteiger partial charge in [-0.05, 0) is 39.0 Å². The highest BCUT2D eigenvalue weighted by molar-refractivity contribution is 5.92. The van der Waals surface area contributed by atoms with Crippen LogP contribution in [-0.2, 0) is 19.6 Å². The average Bonchev–Trinajstić information content (AvgIpc) is 3.44. The van der Waals surface area contributed by atoms with E-state index in [1.165, 1.54) is 6.39 Å². The molecule has 8 nitrogen and oxygen atoms in total. The molecule has 0 N–H and O–H groups in total. The Morgan fingerprint density at radius 3 is 2.77 bits per heavy atom. The van der Waals surface area contributed by atoms with Gasteiger partial charge in [-0.1, -0.05) is 6.07 Å². The Labute approximate surface area is 180 Å². The fraction of sp³-hybridized carbons (Fsp3) is 0.304. The van der Waals surface area contributed by atoms with Crippen LogP contribution in [0.3, 0.4) is 0 Å². The molecule has 5 heterocycles. The summed E-state index contributed by atoms with van der Waals surface area (Å²) in [5, 5.41) is 4.88. The van der Waals surface area contributed by atoms with E-state index in [0.29, 0.717) is 25.3 Å². The summed E-state index contributed by atoms with van der Waals surface area (Å²) in [4.78, 5) is 23.6. The SMILES string of the molecule is Cc1ncoc1C(=O)N1Cc2cn(Cc3ccccn3)nc2-c2ccn(C(C)C)c2C1. The Morgan fingerprint density at radius 2 is 2.06 bits per heavy atom. The molecule has 8 heteroatoms. The van der Waals surface area contributed by atoms with Crippen molar-refractivity contribution in [3.63, 3.8) is 0 Å². The minimum atomic E-state index is -0.164. The number of aryl methyl sites for hydroxylation is 1. The summed E-state index contributed by atoms with van der Waals surface area (Å²) in [6.45, 7) is 7.56. The standard InChI is InChI=1S/C23H24N6O2/c1-15(2)29-9-7-19-20(29)13-27(23(30)22-16(3)25-14-31-22)10-17-11-28(26-21(17)19)12-18-6-4-5-8-24-18/h4-9,11,14-15H,10,12-13H2,1-3H3. The van der Waals surface area contributed by atoms with E-state index in [1.807, 2.05) is 34.0 Å². The van der Waals surface area contributed by atoms with Crippen LogP contribution in [0.5, 0.6) is 0 Å². The number of oxazole rings is 1. The summed E-state index contributed by atoms with van der Waals surface area (Å²) in [6, 6.07) is 8.22. The monoisotopic (exact) mass is 416 g/mol. The lowest BCUT2D eigenvalue weighted by molar-refractivity contribution is 0.0694. The average molecular weight is 416 g/mol. The van der Waals surface area contributed by atoms with Gasteiger partial charge in [-0.25, -0.2) is 4.98 Å². The zero-order valence-corrected chi connectivity index (χ0v) is 17.8. The van der Waals surface area contributed by atoms with Crippen LogP contribution in [0, 0.1) is 6.92 Å². The topological polar surface area (TPSA) is 82.0 Å². The molecule has 0 spiro atoms. The van der Waals surface area contributed by atoms with Gasteiger partial charge in [0.05, 0.1) is 36.7 Å². The van der Waals surface area contributed by atoms with Crippen molar-refractivity contribution in [2.45, 2.75) is 46.4 Å². The van der Waals surface area contributed by atoms with Crippen molar-refractivity contribution in [2.75, 3.05) is 0 Å². The van der Waals surface area contributed by atoms with E-state index in [2.05, 4.69) is 40.6 Å². The van der Waals surface area contributed by atoms with Gasteiger partial charge in [0.1, 0.15) is 0 Å². The molecule has 4 aromatic rings. The summed E-state index contributed by atoms with van der Waals surface area (Å²) >= 11 is 0. The Hall–Kier alpha value is -3.68. The highest BCUT2D eigenvalue weighted by atomic mass is 16.3. The molecule has 1 aliphatic rings. The third kappa shape index (κ3) is 3.43. The molecule has 0 bridgehead atoms. The lowest BCUT2D eigenvalue weighted by Gasteiger charge is -2.22. The molecule has 1 aliphatic heterocycles. The second kappa shape index (κ2) is 7.54. The van der Waals surface area contributed by atoms with Crippen LogP contribution in [0.1, 0.15) is 53.1 Å². The van der Waals surface area contributed by atoms with Crippen LogP contribution in [0.4, 0.5) is 0 Å². The van der Waals surface area contributed by atoms with E-state index in [9.17, 15) is 4.79 Å². The van der Waals surface area contributed by atoms with Crippen molar-refractivity contribution in [1.29, 1.82) is 0 Å². The number of pyridine rings is 1. The number of nitrogens with zero attached hydrogens (tertiary/aromatic N) is 6. The van der Waals surface area contributed by atoms with Crippen molar-refractivity contribution < 1.29 is 9.21 Å². The lowest BCUT2D eigenvalue weighted by Crippen LogP contribution is -2.30. The fourth-order valence-electron chi connectivity index (χ4n) is 4.13. The van der Waals surface area contributed by atoms with Crippen LogP contribution < -0.4 is 0 Å². The summed E-state index contributed by atoms with van der Waals surface area (Å²) in [5.41, 5.74) is 5.58. The van der Waals surface area contributed by atoms with Gasteiger partial charge in [0.25, 0.3) is 5.91 Å². The minimum Gasteiger partial charge on any atom is -0.438 e. The van der Waals surface area contributed by atoms with E-state index in [-0.39, 0.29) is 17.7 Å². The van der Waals surface area contributed by atoms with E-state index in [0.717, 1.165) is 28.2 Å². The molecule has 31 heavy (non-hydrogen) atoms. The normalized spacial score (nSPS) is 13.2. The molecule has 158 valence electrons. The number of hydrogen-bond donors (Lipinski definition) is 0. The zero-order chi connectivity index (χ0) is 21.5. The fourth-order valence-corrected chi connectivity index (χ4v) is 4.13. The van der Waals surface area contributed by atoms with Crippen LogP contribution in [0.2, 0.25) is 0 Å². The number of carbonyl (C=O) groups is 1. The Morgan fingerprint density at radius 1 is 1.19 bits per heavy atom. The summed E-state index contributed by atoms with van der Waals surface area (Å²) in [6.07, 6.45) is 7.19. The van der Waals surface area contributed by atoms with E-state index in [1.54, 1.807) is 13.1 Å². The number of hydrogen-bond acceptors (Lipinski definition) is 5. The van der Waals surface area contributed by atoms with Gasteiger partial charge in [0, 0.05) is 41.5 Å². The smallest absolute Gasteiger partial charge is 0.292 e. The van der Waals surface area contributed by atoms with Gasteiger partial charge < -0.3 is 13.9 Å². The van der Waals surface area contributed by atoms with Crippen LogP contribution in [-0.4, -0.2) is 35.1 Å². The van der Waals surface area contributed by atoms with Gasteiger partial charge in [0.15, 0.2) is 6.39 Å². The quantitative estimate of drug-likeness (QED) is 0.505. The first-order chi connectivity index (χ1) is 15.0. The maximum atomic E-state index is 13.3. The molecule has 0 fully saturated rings. The molecule has 5 rings (SSSR count). The summed E-state index contributed by atoms with van der Waals surface area (Å²) in [7, 11) is 0. The Balaban J connectivity index is 1.58. The van der Waals surface area contributed by atoms with Gasteiger partial charge in [-0.2, -0.15) is 5.10 Å². The Bertz CT molecular complexity index is 1230. The van der Waals surface area contributed by atoms with Gasteiger partial charge in [-0.15, -0.1) is 0 Å². The molecular weight excluding hydrogens is 392 g/mol. The lowest BCUT2D eigenvalue weighted by atomic mass is 10.1. The molecule has 0 aromatic carbocycles. The predicted octanol–water partition coefficient (Wildman–Crippen LogP) is 3.83. The minimum absolute atomic E-state index is 0.164. The van der Waals surface area contributed by atoms with E-state index < -0.39 is 0 Å². The number of carbonyl (C=O) groups excluding carboxylic acids is 1. The van der Waals surface area contributed by atoms with Gasteiger partial charge in [-0.3, -0.25) is 14.5 Å². The van der Waals surface area contributed by atoms with Crippen LogP contribution in [0.25, 0.3) is 11.3 Å². The largest absolute Gasteiger partial charge is 0.438 e. The van der Waals surface area contributed by atoms with Crippen LogP contribution in [0.15, 0.2) is 53.7 Å². The first-order valence-corrected chi connectivity index (χ1v) is 10.4. The molecule has 4 aromatic heterocycles. The highest BCUT2D eigenvalue weighted by Gasteiger charge is 2.30. The maximum Gasteiger partial charge on any atom is 0.292 e. The van der Waals surface area contributed by atoms with Crippen molar-refractivity contribution >= 4 is 5.91 Å². The third-order valence-electron chi connectivity index (χ3n) is 5.65. The molecule has 0 aliphatic carbocycles. The predicted molar refractivity (Wildman–Crippen MR) is 114 cm³/mol. The first kappa shape index (κ1) is 19.3. The summed E-state index contributed by atoms with van der Waals surface area (Å²) in [5.74, 6) is 0.122. The van der Waals surface area contributed by atoms with Gasteiger partial charge >= 0.3 is 0 Å². The van der Waals surface area contributed by atoms with Crippen molar-refractivity contribution in [3.8, 4) is 11.3 Å². The van der Waals surface area contributed by atoms with Crippen molar-refractivity contribution in [1.82, 2.24) is 29.2 Å². The number of fused-ring (bicyclic) bond motifs is 3.